The van der Waals surface area contributed by atoms with Gasteiger partial charge in [-0.1, -0.05) is 30.4 Å². The van der Waals surface area contributed by atoms with Crippen LogP contribution in [0.2, 0.25) is 0 Å². The number of hydrogen-bond donors (Lipinski definition) is 2. The minimum Gasteiger partial charge on any atom is -0.389 e. The quantitative estimate of drug-likeness (QED) is 0.812. The molecule has 0 amide bonds. The molecule has 0 atom stereocenters. The molecule has 0 saturated heterocycles. The van der Waals surface area contributed by atoms with Crippen LogP contribution >= 0.6 is 23.6 Å². The van der Waals surface area contributed by atoms with Crippen LogP contribution in [0.25, 0.3) is 0 Å². The van der Waals surface area contributed by atoms with E-state index < -0.39 is 10.0 Å². The van der Waals surface area contributed by atoms with Gasteiger partial charge in [-0.05, 0) is 6.07 Å². The van der Waals surface area contributed by atoms with E-state index in [1.807, 2.05) is 0 Å². The summed E-state index contributed by atoms with van der Waals surface area (Å²) in [5, 5.41) is 1.78. The minimum absolute atomic E-state index is 0.0506. The maximum atomic E-state index is 12.2. The van der Waals surface area contributed by atoms with Crippen LogP contribution in [0.15, 0.2) is 40.1 Å². The summed E-state index contributed by atoms with van der Waals surface area (Å²) in [6.07, 6.45) is 0. The lowest BCUT2D eigenvalue weighted by Crippen LogP contribution is -2.26. The zero-order valence-electron chi connectivity index (χ0n) is 9.74. The van der Waals surface area contributed by atoms with E-state index in [0.29, 0.717) is 11.3 Å². The molecule has 2 aromatic rings. The number of thiocarbonyl (C=S) groups is 1. The van der Waals surface area contributed by atoms with Crippen LogP contribution in [0.5, 0.6) is 0 Å². The van der Waals surface area contributed by atoms with E-state index in [1.165, 1.54) is 17.4 Å². The second kappa shape index (κ2) is 5.74. The average Bonchev–Trinajstić information content (AvgIpc) is 2.89. The number of thiazole rings is 1. The summed E-state index contributed by atoms with van der Waals surface area (Å²) in [6, 6.07) is 6.37. The number of benzene rings is 1. The van der Waals surface area contributed by atoms with Crippen LogP contribution in [-0.4, -0.2) is 18.4 Å². The first-order valence-electron chi connectivity index (χ1n) is 5.26. The lowest BCUT2D eigenvalue weighted by Gasteiger charge is -2.09. The molecule has 0 fully saturated rings. The highest BCUT2D eigenvalue weighted by molar-refractivity contribution is 7.89. The highest BCUT2D eigenvalue weighted by Crippen LogP contribution is 2.15. The normalized spacial score (nSPS) is 11.4. The van der Waals surface area contributed by atoms with Crippen molar-refractivity contribution in [2.75, 3.05) is 0 Å². The van der Waals surface area contributed by atoms with Crippen molar-refractivity contribution in [2.24, 2.45) is 5.73 Å². The van der Waals surface area contributed by atoms with Crippen molar-refractivity contribution in [3.8, 4) is 0 Å². The van der Waals surface area contributed by atoms with Gasteiger partial charge < -0.3 is 5.73 Å². The predicted molar refractivity (Wildman–Crippen MR) is 78.5 cm³/mol. The fraction of sp³-hybridized carbons (Fsp3) is 0.0909. The van der Waals surface area contributed by atoms with E-state index in [9.17, 15) is 8.42 Å². The molecule has 5 nitrogen and oxygen atoms in total. The number of aromatic nitrogens is 1. The van der Waals surface area contributed by atoms with Crippen molar-refractivity contribution in [3.63, 3.8) is 0 Å². The summed E-state index contributed by atoms with van der Waals surface area (Å²) in [7, 11) is -3.66. The van der Waals surface area contributed by atoms with Gasteiger partial charge in [0, 0.05) is 10.9 Å². The molecule has 0 bridgehead atoms. The van der Waals surface area contributed by atoms with Crippen molar-refractivity contribution in [1.82, 2.24) is 9.71 Å². The molecule has 1 aromatic heterocycles. The Morgan fingerprint density at radius 1 is 1.42 bits per heavy atom. The third-order valence-corrected chi connectivity index (χ3v) is 4.68. The third-order valence-electron chi connectivity index (χ3n) is 2.37. The zero-order valence-corrected chi connectivity index (χ0v) is 12.2. The number of nitrogens with one attached hydrogen (secondary N) is 1. The molecule has 2 rings (SSSR count). The van der Waals surface area contributed by atoms with Gasteiger partial charge in [-0.2, -0.15) is 0 Å². The standard InChI is InChI=1S/C11H11N3O2S3/c12-11(17)9-3-1-2-4-10(9)19(15,16)14-5-8-6-18-7-13-8/h1-4,6-7,14H,5H2,(H2,12,17). The average molecular weight is 313 g/mol. The monoisotopic (exact) mass is 313 g/mol. The number of rotatable bonds is 5. The van der Waals surface area contributed by atoms with E-state index >= 15 is 0 Å². The Kier molecular flexibility index (Phi) is 4.25. The van der Waals surface area contributed by atoms with Crippen LogP contribution in [0.4, 0.5) is 0 Å². The second-order valence-corrected chi connectivity index (χ2v) is 6.56. The Labute approximate surface area is 120 Å². The molecule has 0 radical (unpaired) electrons. The first-order valence-corrected chi connectivity index (χ1v) is 8.09. The fourth-order valence-electron chi connectivity index (χ4n) is 1.48. The Morgan fingerprint density at radius 3 is 2.79 bits per heavy atom. The fourth-order valence-corrected chi connectivity index (χ4v) is 3.50. The van der Waals surface area contributed by atoms with Gasteiger partial charge in [-0.3, -0.25) is 0 Å². The van der Waals surface area contributed by atoms with Gasteiger partial charge in [-0.15, -0.1) is 11.3 Å². The molecule has 3 N–H and O–H groups in total. The van der Waals surface area contributed by atoms with Gasteiger partial charge >= 0.3 is 0 Å². The summed E-state index contributed by atoms with van der Waals surface area (Å²) < 4.78 is 26.9. The second-order valence-electron chi connectivity index (χ2n) is 3.66. The molecular formula is C11H11N3O2S3. The topological polar surface area (TPSA) is 85.1 Å². The molecule has 100 valence electrons. The molecule has 1 heterocycles. The first-order chi connectivity index (χ1) is 9.00. The van der Waals surface area contributed by atoms with Crippen LogP contribution in [0, 0.1) is 0 Å². The van der Waals surface area contributed by atoms with Crippen molar-refractivity contribution in [3.05, 3.63) is 46.4 Å². The van der Waals surface area contributed by atoms with Crippen molar-refractivity contribution in [2.45, 2.75) is 11.4 Å². The highest BCUT2D eigenvalue weighted by atomic mass is 32.2. The van der Waals surface area contributed by atoms with Crippen LogP contribution in [0.3, 0.4) is 0 Å². The molecule has 0 unspecified atom stereocenters. The van der Waals surface area contributed by atoms with Crippen molar-refractivity contribution in [1.29, 1.82) is 0 Å². The molecule has 0 aliphatic heterocycles. The van der Waals surface area contributed by atoms with Gasteiger partial charge in [0.1, 0.15) is 4.99 Å². The van der Waals surface area contributed by atoms with Crippen molar-refractivity contribution < 1.29 is 8.42 Å². The molecule has 1 aromatic carbocycles. The summed E-state index contributed by atoms with van der Waals surface area (Å²) >= 11 is 6.26. The van der Waals surface area contributed by atoms with Crippen LogP contribution in [0.1, 0.15) is 11.3 Å². The first kappa shape index (κ1) is 14.1. The SMILES string of the molecule is NC(=S)c1ccccc1S(=O)(=O)NCc1cscn1. The van der Waals surface area contributed by atoms with Gasteiger partial charge in [0.15, 0.2) is 0 Å². The molecule has 0 aliphatic carbocycles. The maximum absolute atomic E-state index is 12.2. The molecular weight excluding hydrogens is 302 g/mol. The Hall–Kier alpha value is -1.35. The molecule has 0 saturated carbocycles. The van der Waals surface area contributed by atoms with Crippen LogP contribution < -0.4 is 10.5 Å². The van der Waals surface area contributed by atoms with Gasteiger partial charge in [0.2, 0.25) is 10.0 Å². The van der Waals surface area contributed by atoms with Crippen LogP contribution in [-0.2, 0) is 16.6 Å². The van der Waals surface area contributed by atoms with E-state index in [4.69, 9.17) is 18.0 Å². The lowest BCUT2D eigenvalue weighted by atomic mass is 10.2. The molecule has 19 heavy (non-hydrogen) atoms. The van der Waals surface area contributed by atoms with E-state index in [1.54, 1.807) is 29.1 Å². The number of sulfonamides is 1. The van der Waals surface area contributed by atoms with Gasteiger partial charge in [-0.25, -0.2) is 18.1 Å². The van der Waals surface area contributed by atoms with Gasteiger partial charge in [0.25, 0.3) is 0 Å². The van der Waals surface area contributed by atoms with Crippen molar-refractivity contribution >= 4 is 38.6 Å². The van der Waals surface area contributed by atoms with E-state index in [2.05, 4.69) is 9.71 Å². The summed E-state index contributed by atoms with van der Waals surface area (Å²) in [5.74, 6) is 0. The smallest absolute Gasteiger partial charge is 0.241 e. The minimum atomic E-state index is -3.66. The maximum Gasteiger partial charge on any atom is 0.241 e. The van der Waals surface area contributed by atoms with Gasteiger partial charge in [0.05, 0.1) is 22.6 Å². The highest BCUT2D eigenvalue weighted by Gasteiger charge is 2.19. The van der Waals surface area contributed by atoms with E-state index in [-0.39, 0.29) is 16.4 Å². The molecule has 8 heteroatoms. The Morgan fingerprint density at radius 2 is 2.16 bits per heavy atom. The third kappa shape index (κ3) is 3.35. The van der Waals surface area contributed by atoms with E-state index in [0.717, 1.165) is 0 Å². The summed E-state index contributed by atoms with van der Waals surface area (Å²) in [4.78, 5) is 4.14. The Balaban J connectivity index is 2.27. The predicted octanol–water partition coefficient (Wildman–Crippen LogP) is 1.26. The zero-order chi connectivity index (χ0) is 13.9. The Bertz CT molecular complexity index is 681. The number of nitrogens with two attached hydrogens (primary N) is 1. The number of nitrogens with zero attached hydrogens (tertiary/aromatic N) is 1. The summed E-state index contributed by atoms with van der Waals surface area (Å²) in [6.45, 7) is 0.136. The molecule has 0 aliphatic rings. The largest absolute Gasteiger partial charge is 0.389 e. The number of hydrogen-bond acceptors (Lipinski definition) is 5. The lowest BCUT2D eigenvalue weighted by molar-refractivity contribution is 0.580. The molecule has 0 spiro atoms. The summed E-state index contributed by atoms with van der Waals surface area (Å²) in [5.41, 5.74) is 8.18.